The SMILES string of the molecule is CC1=CC(C)=NC(=O)C1CNC(=O)c1cc(-c2ccc(C(N)=O)cc2)nc2c1cnn2C(C)C. The fourth-order valence-electron chi connectivity index (χ4n) is 3.98. The van der Waals surface area contributed by atoms with Crippen LogP contribution in [-0.2, 0) is 4.79 Å². The number of carbonyl (C=O) groups is 3. The number of aliphatic imine (C=N–C) groups is 1. The topological polar surface area (TPSA) is 132 Å². The zero-order valence-electron chi connectivity index (χ0n) is 19.5. The van der Waals surface area contributed by atoms with E-state index in [0.29, 0.717) is 33.6 Å². The molecule has 34 heavy (non-hydrogen) atoms. The Kier molecular flexibility index (Phi) is 6.10. The number of hydrogen-bond acceptors (Lipinski definition) is 5. The van der Waals surface area contributed by atoms with Crippen molar-refractivity contribution in [3.05, 3.63) is 59.3 Å². The van der Waals surface area contributed by atoms with Gasteiger partial charge in [-0.05, 0) is 52.0 Å². The lowest BCUT2D eigenvalue weighted by Crippen LogP contribution is -2.34. The number of pyridine rings is 1. The number of nitrogens with zero attached hydrogens (tertiary/aromatic N) is 4. The van der Waals surface area contributed by atoms with Crippen molar-refractivity contribution < 1.29 is 14.4 Å². The molecule has 0 fully saturated rings. The third-order valence-corrected chi connectivity index (χ3v) is 5.80. The Morgan fingerprint density at radius 1 is 1.18 bits per heavy atom. The highest BCUT2D eigenvalue weighted by Crippen LogP contribution is 2.27. The Bertz CT molecular complexity index is 1370. The maximum Gasteiger partial charge on any atom is 0.254 e. The van der Waals surface area contributed by atoms with Gasteiger partial charge in [0, 0.05) is 29.4 Å². The molecule has 9 nitrogen and oxygen atoms in total. The number of amides is 3. The van der Waals surface area contributed by atoms with E-state index < -0.39 is 11.8 Å². The molecule has 1 atom stereocenters. The number of aromatic nitrogens is 3. The van der Waals surface area contributed by atoms with Crippen molar-refractivity contribution in [2.45, 2.75) is 33.7 Å². The molecule has 174 valence electrons. The number of hydrogen-bond donors (Lipinski definition) is 2. The van der Waals surface area contributed by atoms with E-state index in [-0.39, 0.29) is 24.4 Å². The fraction of sp³-hybridized carbons (Fsp3) is 0.280. The zero-order valence-corrected chi connectivity index (χ0v) is 19.5. The lowest BCUT2D eigenvalue weighted by atomic mass is 9.95. The highest BCUT2D eigenvalue weighted by molar-refractivity contribution is 6.08. The molecule has 3 heterocycles. The molecule has 3 amide bonds. The first-order chi connectivity index (χ1) is 16.2. The number of allylic oxidation sites excluding steroid dienone is 1. The van der Waals surface area contributed by atoms with E-state index in [0.717, 1.165) is 11.1 Å². The average molecular weight is 459 g/mol. The number of benzene rings is 1. The number of nitrogens with one attached hydrogen (secondary N) is 1. The minimum Gasteiger partial charge on any atom is -0.366 e. The quantitative estimate of drug-likeness (QED) is 0.586. The zero-order chi connectivity index (χ0) is 24.6. The summed E-state index contributed by atoms with van der Waals surface area (Å²) in [6, 6.07) is 8.44. The molecule has 3 aromatic rings. The second-order valence-electron chi connectivity index (χ2n) is 8.66. The second kappa shape index (κ2) is 9.01. The van der Waals surface area contributed by atoms with Crippen LogP contribution in [-0.4, -0.2) is 44.7 Å². The summed E-state index contributed by atoms with van der Waals surface area (Å²) >= 11 is 0. The molecule has 1 aromatic carbocycles. The summed E-state index contributed by atoms with van der Waals surface area (Å²) in [7, 11) is 0. The van der Waals surface area contributed by atoms with Crippen molar-refractivity contribution in [3.63, 3.8) is 0 Å². The van der Waals surface area contributed by atoms with Crippen molar-refractivity contribution in [3.8, 4) is 11.3 Å². The van der Waals surface area contributed by atoms with Crippen LogP contribution in [0.4, 0.5) is 0 Å². The monoisotopic (exact) mass is 458 g/mol. The van der Waals surface area contributed by atoms with Gasteiger partial charge >= 0.3 is 0 Å². The average Bonchev–Trinajstić information content (AvgIpc) is 3.22. The summed E-state index contributed by atoms with van der Waals surface area (Å²) in [6.07, 6.45) is 3.48. The van der Waals surface area contributed by atoms with Crippen LogP contribution in [0.3, 0.4) is 0 Å². The van der Waals surface area contributed by atoms with Gasteiger partial charge in [0.15, 0.2) is 5.65 Å². The number of dihydropyridines is 1. The summed E-state index contributed by atoms with van der Waals surface area (Å²) in [6.45, 7) is 7.73. The van der Waals surface area contributed by atoms with Gasteiger partial charge in [-0.25, -0.2) is 14.7 Å². The van der Waals surface area contributed by atoms with Crippen LogP contribution in [0.1, 0.15) is 54.5 Å². The Balaban J connectivity index is 1.71. The first kappa shape index (κ1) is 23.0. The number of rotatable bonds is 6. The summed E-state index contributed by atoms with van der Waals surface area (Å²) in [5.41, 5.74) is 9.50. The highest BCUT2D eigenvalue weighted by atomic mass is 16.2. The van der Waals surface area contributed by atoms with Crippen LogP contribution >= 0.6 is 0 Å². The van der Waals surface area contributed by atoms with Gasteiger partial charge < -0.3 is 11.1 Å². The van der Waals surface area contributed by atoms with Crippen molar-refractivity contribution in [1.82, 2.24) is 20.1 Å². The van der Waals surface area contributed by atoms with Crippen molar-refractivity contribution in [2.75, 3.05) is 6.54 Å². The predicted molar refractivity (Wildman–Crippen MR) is 130 cm³/mol. The standard InChI is InChI=1S/C25H26N6O3/c1-13(2)31-23-20(12-28-31)18(10-21(30-23)16-5-7-17(8-6-16)22(26)32)24(33)27-11-19-14(3)9-15(4)29-25(19)34/h5-10,12-13,19H,11H2,1-4H3,(H2,26,32)(H,27,33). The van der Waals surface area contributed by atoms with Crippen LogP contribution < -0.4 is 11.1 Å². The van der Waals surface area contributed by atoms with Crippen molar-refractivity contribution in [2.24, 2.45) is 16.6 Å². The molecule has 3 N–H and O–H groups in total. The van der Waals surface area contributed by atoms with E-state index in [1.54, 1.807) is 48.1 Å². The van der Waals surface area contributed by atoms with Gasteiger partial charge in [0.2, 0.25) is 5.91 Å². The molecule has 1 aliphatic heterocycles. The first-order valence-electron chi connectivity index (χ1n) is 11.0. The van der Waals surface area contributed by atoms with Gasteiger partial charge in [0.1, 0.15) is 0 Å². The van der Waals surface area contributed by atoms with Crippen LogP contribution in [0.15, 0.2) is 53.2 Å². The fourth-order valence-corrected chi connectivity index (χ4v) is 3.98. The minimum absolute atomic E-state index is 0.0298. The van der Waals surface area contributed by atoms with Crippen molar-refractivity contribution in [1.29, 1.82) is 0 Å². The number of primary amides is 1. The third kappa shape index (κ3) is 4.36. The van der Waals surface area contributed by atoms with Crippen LogP contribution in [0.25, 0.3) is 22.3 Å². The maximum absolute atomic E-state index is 13.3. The molecular formula is C25H26N6O3. The molecule has 0 spiro atoms. The van der Waals surface area contributed by atoms with E-state index >= 15 is 0 Å². The molecule has 0 bridgehead atoms. The van der Waals surface area contributed by atoms with Crippen LogP contribution in [0.5, 0.6) is 0 Å². The van der Waals surface area contributed by atoms with E-state index in [4.69, 9.17) is 10.7 Å². The van der Waals surface area contributed by atoms with Gasteiger partial charge in [-0.15, -0.1) is 0 Å². The molecule has 4 rings (SSSR count). The molecule has 0 aliphatic carbocycles. The van der Waals surface area contributed by atoms with Crippen LogP contribution in [0, 0.1) is 5.92 Å². The summed E-state index contributed by atoms with van der Waals surface area (Å²) < 4.78 is 1.75. The Labute approximate surface area is 196 Å². The lowest BCUT2D eigenvalue weighted by molar-refractivity contribution is -0.120. The summed E-state index contributed by atoms with van der Waals surface area (Å²) in [5, 5.41) is 7.92. The predicted octanol–water partition coefficient (Wildman–Crippen LogP) is 3.07. The van der Waals surface area contributed by atoms with E-state index in [1.165, 1.54) is 0 Å². The van der Waals surface area contributed by atoms with E-state index in [2.05, 4.69) is 15.4 Å². The van der Waals surface area contributed by atoms with Crippen LogP contribution in [0.2, 0.25) is 0 Å². The molecule has 2 aromatic heterocycles. The Morgan fingerprint density at radius 2 is 1.88 bits per heavy atom. The number of fused-ring (bicyclic) bond motifs is 1. The van der Waals surface area contributed by atoms with Gasteiger partial charge in [-0.1, -0.05) is 17.7 Å². The molecule has 0 saturated carbocycles. The summed E-state index contributed by atoms with van der Waals surface area (Å²) in [5.74, 6) is -1.61. The first-order valence-corrected chi connectivity index (χ1v) is 11.0. The van der Waals surface area contributed by atoms with Gasteiger partial charge in [-0.3, -0.25) is 14.4 Å². The Hall–Kier alpha value is -4.14. The molecule has 9 heteroatoms. The number of carbonyl (C=O) groups excluding carboxylic acids is 3. The largest absolute Gasteiger partial charge is 0.366 e. The maximum atomic E-state index is 13.3. The molecule has 0 radical (unpaired) electrons. The van der Waals surface area contributed by atoms with Gasteiger partial charge in [0.25, 0.3) is 11.8 Å². The molecule has 1 aliphatic rings. The molecule has 0 saturated heterocycles. The third-order valence-electron chi connectivity index (χ3n) is 5.80. The van der Waals surface area contributed by atoms with E-state index in [1.807, 2.05) is 26.8 Å². The van der Waals surface area contributed by atoms with Gasteiger partial charge in [-0.2, -0.15) is 5.10 Å². The van der Waals surface area contributed by atoms with Crippen molar-refractivity contribution >= 4 is 34.5 Å². The second-order valence-corrected chi connectivity index (χ2v) is 8.66. The minimum atomic E-state index is -0.519. The normalized spacial score (nSPS) is 15.9. The smallest absolute Gasteiger partial charge is 0.254 e. The number of nitrogens with two attached hydrogens (primary N) is 1. The highest BCUT2D eigenvalue weighted by Gasteiger charge is 2.25. The van der Waals surface area contributed by atoms with E-state index in [9.17, 15) is 14.4 Å². The molecule has 1 unspecified atom stereocenters. The Morgan fingerprint density at radius 3 is 2.50 bits per heavy atom. The lowest BCUT2D eigenvalue weighted by Gasteiger charge is -2.19. The van der Waals surface area contributed by atoms with Gasteiger partial charge in [0.05, 0.1) is 28.8 Å². The molecular weight excluding hydrogens is 432 g/mol. The summed E-state index contributed by atoms with van der Waals surface area (Å²) in [4.78, 5) is 45.8.